The van der Waals surface area contributed by atoms with Crippen LogP contribution in [0.2, 0.25) is 0 Å². The zero-order chi connectivity index (χ0) is 11.1. The Morgan fingerprint density at radius 2 is 2.07 bits per heavy atom. The van der Waals surface area contributed by atoms with Crippen molar-refractivity contribution in [2.24, 2.45) is 5.92 Å². The monoisotopic (exact) mass is 213 g/mol. The van der Waals surface area contributed by atoms with Crippen molar-refractivity contribution in [2.45, 2.75) is 58.4 Å². The molecular formula is C13H27NO. The predicted octanol–water partition coefficient (Wildman–Crippen LogP) is 2.66. The molecule has 0 radical (unpaired) electrons. The van der Waals surface area contributed by atoms with Gasteiger partial charge in [-0.1, -0.05) is 20.3 Å². The van der Waals surface area contributed by atoms with Gasteiger partial charge >= 0.3 is 0 Å². The van der Waals surface area contributed by atoms with E-state index in [1.807, 2.05) is 0 Å². The molecule has 2 nitrogen and oxygen atoms in total. The van der Waals surface area contributed by atoms with E-state index in [-0.39, 0.29) is 0 Å². The largest absolute Gasteiger partial charge is 0.396 e. The van der Waals surface area contributed by atoms with Crippen molar-refractivity contribution in [1.29, 1.82) is 0 Å². The van der Waals surface area contributed by atoms with Gasteiger partial charge < -0.3 is 10.0 Å². The first kappa shape index (κ1) is 13.0. The number of rotatable bonds is 9. The van der Waals surface area contributed by atoms with Gasteiger partial charge in [-0.15, -0.1) is 0 Å². The van der Waals surface area contributed by atoms with Crippen molar-refractivity contribution in [1.82, 2.24) is 4.90 Å². The van der Waals surface area contributed by atoms with E-state index in [0.717, 1.165) is 24.8 Å². The molecule has 0 saturated heterocycles. The van der Waals surface area contributed by atoms with E-state index in [2.05, 4.69) is 18.7 Å². The summed E-state index contributed by atoms with van der Waals surface area (Å²) in [4.78, 5) is 2.65. The second-order valence-corrected chi connectivity index (χ2v) is 5.05. The molecule has 1 aliphatic rings. The molecule has 0 bridgehead atoms. The minimum absolute atomic E-state index is 0.350. The number of hydrogen-bond acceptors (Lipinski definition) is 2. The van der Waals surface area contributed by atoms with Crippen LogP contribution in [0.4, 0.5) is 0 Å². The molecule has 1 unspecified atom stereocenters. The lowest BCUT2D eigenvalue weighted by molar-refractivity contribution is 0.207. The molecule has 90 valence electrons. The van der Waals surface area contributed by atoms with Crippen molar-refractivity contribution < 1.29 is 5.11 Å². The fourth-order valence-corrected chi connectivity index (χ4v) is 2.27. The summed E-state index contributed by atoms with van der Waals surface area (Å²) in [7, 11) is 0. The first-order valence-corrected chi connectivity index (χ1v) is 6.62. The van der Waals surface area contributed by atoms with E-state index in [4.69, 9.17) is 5.11 Å². The van der Waals surface area contributed by atoms with E-state index < -0.39 is 0 Å². The van der Waals surface area contributed by atoms with Crippen LogP contribution in [-0.4, -0.2) is 35.7 Å². The fraction of sp³-hybridized carbons (Fsp3) is 1.00. The van der Waals surface area contributed by atoms with Gasteiger partial charge in [0, 0.05) is 19.2 Å². The number of aliphatic hydroxyl groups excluding tert-OH is 1. The van der Waals surface area contributed by atoms with Crippen LogP contribution in [0.25, 0.3) is 0 Å². The minimum atomic E-state index is 0.350. The smallest absolute Gasteiger partial charge is 0.0431 e. The summed E-state index contributed by atoms with van der Waals surface area (Å²) in [6, 6.07) is 0.878. The topological polar surface area (TPSA) is 23.5 Å². The van der Waals surface area contributed by atoms with Gasteiger partial charge in [-0.05, 0) is 44.6 Å². The van der Waals surface area contributed by atoms with Gasteiger partial charge in [0.05, 0.1) is 0 Å². The number of nitrogens with zero attached hydrogens (tertiary/aromatic N) is 1. The molecule has 0 heterocycles. The highest BCUT2D eigenvalue weighted by molar-refractivity contribution is 4.85. The third-order valence-corrected chi connectivity index (χ3v) is 3.24. The van der Waals surface area contributed by atoms with Crippen LogP contribution in [-0.2, 0) is 0 Å². The minimum Gasteiger partial charge on any atom is -0.396 e. The van der Waals surface area contributed by atoms with E-state index in [1.54, 1.807) is 0 Å². The standard InChI is InChI=1S/C13H27NO/c1-3-6-12(2)11-14(13-7-8-13)9-4-5-10-15/h12-13,15H,3-11H2,1-2H3. The number of aliphatic hydroxyl groups is 1. The highest BCUT2D eigenvalue weighted by Gasteiger charge is 2.28. The lowest BCUT2D eigenvalue weighted by atomic mass is 10.1. The van der Waals surface area contributed by atoms with Crippen LogP contribution in [0, 0.1) is 5.92 Å². The zero-order valence-electron chi connectivity index (χ0n) is 10.4. The molecule has 0 aliphatic heterocycles. The maximum absolute atomic E-state index is 8.78. The summed E-state index contributed by atoms with van der Waals surface area (Å²) in [5.74, 6) is 0.838. The van der Waals surface area contributed by atoms with Crippen LogP contribution in [0.3, 0.4) is 0 Å². The molecule has 0 amide bonds. The Labute approximate surface area is 94.7 Å². The Hall–Kier alpha value is -0.0800. The summed E-state index contributed by atoms with van der Waals surface area (Å²) >= 11 is 0. The van der Waals surface area contributed by atoms with E-state index in [0.29, 0.717) is 6.61 Å². The molecule has 1 aliphatic carbocycles. The van der Waals surface area contributed by atoms with Gasteiger partial charge in [0.1, 0.15) is 0 Å². The second kappa shape index (κ2) is 7.24. The molecule has 0 aromatic carbocycles. The van der Waals surface area contributed by atoms with Gasteiger partial charge in [-0.2, -0.15) is 0 Å². The van der Waals surface area contributed by atoms with Crippen LogP contribution in [0.5, 0.6) is 0 Å². The highest BCUT2D eigenvalue weighted by atomic mass is 16.2. The van der Waals surface area contributed by atoms with E-state index in [9.17, 15) is 0 Å². The quantitative estimate of drug-likeness (QED) is 0.595. The predicted molar refractivity (Wildman–Crippen MR) is 65.0 cm³/mol. The lowest BCUT2D eigenvalue weighted by Crippen LogP contribution is -2.31. The average molecular weight is 213 g/mol. The van der Waals surface area contributed by atoms with Crippen LogP contribution in [0.15, 0.2) is 0 Å². The Morgan fingerprint density at radius 3 is 2.60 bits per heavy atom. The average Bonchev–Trinajstić information content (AvgIpc) is 3.00. The maximum atomic E-state index is 8.78. The molecule has 0 aromatic rings. The normalized spacial score (nSPS) is 18.4. The SMILES string of the molecule is CCCC(C)CN(CCCCO)C1CC1. The maximum Gasteiger partial charge on any atom is 0.0431 e. The summed E-state index contributed by atoms with van der Waals surface area (Å²) in [6.45, 7) is 7.45. The summed E-state index contributed by atoms with van der Waals surface area (Å²) in [6.07, 6.45) is 7.58. The Kier molecular flexibility index (Phi) is 6.26. The fourth-order valence-electron chi connectivity index (χ4n) is 2.27. The Bertz CT molecular complexity index is 157. The van der Waals surface area contributed by atoms with Crippen molar-refractivity contribution >= 4 is 0 Å². The first-order chi connectivity index (χ1) is 7.27. The van der Waals surface area contributed by atoms with Gasteiger partial charge in [-0.25, -0.2) is 0 Å². The highest BCUT2D eigenvalue weighted by Crippen LogP contribution is 2.28. The van der Waals surface area contributed by atoms with E-state index in [1.165, 1.54) is 38.8 Å². The molecule has 1 saturated carbocycles. The molecule has 1 N–H and O–H groups in total. The molecule has 0 aromatic heterocycles. The van der Waals surface area contributed by atoms with Gasteiger partial charge in [-0.3, -0.25) is 0 Å². The summed E-state index contributed by atoms with van der Waals surface area (Å²) < 4.78 is 0. The Morgan fingerprint density at radius 1 is 1.33 bits per heavy atom. The van der Waals surface area contributed by atoms with Gasteiger partial charge in [0.15, 0.2) is 0 Å². The molecule has 1 rings (SSSR count). The third kappa shape index (κ3) is 5.53. The zero-order valence-corrected chi connectivity index (χ0v) is 10.4. The van der Waals surface area contributed by atoms with E-state index >= 15 is 0 Å². The van der Waals surface area contributed by atoms with Crippen molar-refractivity contribution in [3.05, 3.63) is 0 Å². The number of hydrogen-bond donors (Lipinski definition) is 1. The molecule has 0 spiro atoms. The lowest BCUT2D eigenvalue weighted by Gasteiger charge is -2.25. The third-order valence-electron chi connectivity index (χ3n) is 3.24. The Balaban J connectivity index is 2.17. The molecule has 2 heteroatoms. The summed E-state index contributed by atoms with van der Waals surface area (Å²) in [5.41, 5.74) is 0. The molecule has 1 fully saturated rings. The van der Waals surface area contributed by atoms with Gasteiger partial charge in [0.2, 0.25) is 0 Å². The number of unbranched alkanes of at least 4 members (excludes halogenated alkanes) is 1. The second-order valence-electron chi connectivity index (χ2n) is 5.05. The molecule has 1 atom stereocenters. The van der Waals surface area contributed by atoms with Gasteiger partial charge in [0.25, 0.3) is 0 Å². The summed E-state index contributed by atoms with van der Waals surface area (Å²) in [5, 5.41) is 8.78. The van der Waals surface area contributed by atoms with Crippen LogP contribution < -0.4 is 0 Å². The first-order valence-electron chi connectivity index (χ1n) is 6.62. The van der Waals surface area contributed by atoms with Crippen LogP contribution in [0.1, 0.15) is 52.4 Å². The van der Waals surface area contributed by atoms with Crippen molar-refractivity contribution in [3.8, 4) is 0 Å². The van der Waals surface area contributed by atoms with Crippen molar-refractivity contribution in [3.63, 3.8) is 0 Å². The molecule has 15 heavy (non-hydrogen) atoms. The van der Waals surface area contributed by atoms with Crippen LogP contribution >= 0.6 is 0 Å². The molecular weight excluding hydrogens is 186 g/mol. The van der Waals surface area contributed by atoms with Crippen molar-refractivity contribution in [2.75, 3.05) is 19.7 Å².